The van der Waals surface area contributed by atoms with Crippen molar-refractivity contribution in [1.29, 1.82) is 0 Å². The van der Waals surface area contributed by atoms with Gasteiger partial charge in [-0.3, -0.25) is 9.52 Å². The fourth-order valence-electron chi connectivity index (χ4n) is 2.64. The van der Waals surface area contributed by atoms with E-state index >= 15 is 0 Å². The molecule has 0 aliphatic carbocycles. The van der Waals surface area contributed by atoms with Crippen molar-refractivity contribution in [2.24, 2.45) is 0 Å². The largest absolute Gasteiger partial charge is 0.322 e. The second kappa shape index (κ2) is 8.23. The normalized spacial score (nSPS) is 11.2. The number of carbonyl (C=O) groups is 1. The Hall–Kier alpha value is -2.90. The van der Waals surface area contributed by atoms with E-state index in [0.717, 1.165) is 5.56 Å². The summed E-state index contributed by atoms with van der Waals surface area (Å²) in [6, 6.07) is 15.0. The molecule has 150 valence electrons. The van der Waals surface area contributed by atoms with Crippen molar-refractivity contribution in [1.82, 2.24) is 0 Å². The quantitative estimate of drug-likeness (QED) is 0.585. The van der Waals surface area contributed by atoms with Crippen molar-refractivity contribution in [3.63, 3.8) is 0 Å². The van der Waals surface area contributed by atoms with Gasteiger partial charge < -0.3 is 5.32 Å². The molecule has 3 rings (SSSR count). The van der Waals surface area contributed by atoms with Crippen LogP contribution >= 0.6 is 11.6 Å². The number of nitrogens with one attached hydrogen (secondary N) is 2. The van der Waals surface area contributed by atoms with Crippen LogP contribution in [0.1, 0.15) is 21.5 Å². The monoisotopic (exact) mass is 432 g/mol. The molecule has 3 aromatic rings. The number of hydrogen-bond donors (Lipinski definition) is 2. The minimum atomic E-state index is -3.94. The highest BCUT2D eigenvalue weighted by Crippen LogP contribution is 2.24. The molecule has 0 unspecified atom stereocenters. The van der Waals surface area contributed by atoms with Crippen LogP contribution in [0.2, 0.25) is 5.02 Å². The Morgan fingerprint density at radius 2 is 1.72 bits per heavy atom. The Labute approximate surface area is 173 Å². The van der Waals surface area contributed by atoms with Gasteiger partial charge in [-0.25, -0.2) is 12.8 Å². The summed E-state index contributed by atoms with van der Waals surface area (Å²) < 4.78 is 41.6. The minimum Gasteiger partial charge on any atom is -0.322 e. The maximum Gasteiger partial charge on any atom is 0.261 e. The standard InChI is InChI=1S/C21H18ClFN2O3S/c1-13-4-3-5-16(10-13)25-29(27,28)17-8-9-19(22)18(12-17)21(26)24-15-7-6-14(2)20(23)11-15/h3-12,25H,1-2H3,(H,24,26). The Balaban J connectivity index is 1.88. The summed E-state index contributed by atoms with van der Waals surface area (Å²) >= 11 is 6.09. The number of benzene rings is 3. The predicted molar refractivity (Wildman–Crippen MR) is 113 cm³/mol. The fraction of sp³-hybridized carbons (Fsp3) is 0.0952. The van der Waals surface area contributed by atoms with Gasteiger partial charge in [-0.05, 0) is 67.4 Å². The van der Waals surface area contributed by atoms with E-state index in [4.69, 9.17) is 11.6 Å². The van der Waals surface area contributed by atoms with Crippen molar-refractivity contribution < 1.29 is 17.6 Å². The lowest BCUT2D eigenvalue weighted by Crippen LogP contribution is -2.16. The summed E-state index contributed by atoms with van der Waals surface area (Å²) in [6.07, 6.45) is 0. The Morgan fingerprint density at radius 3 is 2.41 bits per heavy atom. The number of anilines is 2. The van der Waals surface area contributed by atoms with Crippen LogP contribution in [0.25, 0.3) is 0 Å². The molecule has 0 spiro atoms. The molecule has 0 fully saturated rings. The zero-order valence-electron chi connectivity index (χ0n) is 15.7. The highest BCUT2D eigenvalue weighted by Gasteiger charge is 2.19. The number of rotatable bonds is 5. The van der Waals surface area contributed by atoms with Crippen LogP contribution in [-0.2, 0) is 10.0 Å². The van der Waals surface area contributed by atoms with Crippen molar-refractivity contribution in [2.75, 3.05) is 10.0 Å². The minimum absolute atomic E-state index is 0.0419. The molecule has 29 heavy (non-hydrogen) atoms. The SMILES string of the molecule is Cc1cccc(NS(=O)(=O)c2ccc(Cl)c(C(=O)Nc3ccc(C)c(F)c3)c2)c1. The van der Waals surface area contributed by atoms with Crippen molar-refractivity contribution in [3.8, 4) is 0 Å². The molecule has 0 saturated heterocycles. The molecular weight excluding hydrogens is 415 g/mol. The van der Waals surface area contributed by atoms with E-state index in [9.17, 15) is 17.6 Å². The third-order valence-corrected chi connectivity index (χ3v) is 5.90. The van der Waals surface area contributed by atoms with E-state index < -0.39 is 21.7 Å². The zero-order chi connectivity index (χ0) is 21.2. The van der Waals surface area contributed by atoms with E-state index in [1.165, 1.54) is 30.3 Å². The summed E-state index contributed by atoms with van der Waals surface area (Å²) in [6.45, 7) is 3.45. The number of amides is 1. The molecule has 2 N–H and O–H groups in total. The maximum atomic E-state index is 13.7. The lowest BCUT2D eigenvalue weighted by Gasteiger charge is -2.12. The first kappa shape index (κ1) is 20.8. The van der Waals surface area contributed by atoms with E-state index in [-0.39, 0.29) is 21.2 Å². The van der Waals surface area contributed by atoms with Crippen LogP contribution in [0.4, 0.5) is 15.8 Å². The predicted octanol–water partition coefficient (Wildman–Crippen LogP) is 5.15. The fourth-order valence-corrected chi connectivity index (χ4v) is 3.92. The highest BCUT2D eigenvalue weighted by molar-refractivity contribution is 7.92. The van der Waals surface area contributed by atoms with E-state index in [1.54, 1.807) is 31.2 Å². The summed E-state index contributed by atoms with van der Waals surface area (Å²) in [7, 11) is -3.94. The van der Waals surface area contributed by atoms with E-state index in [1.807, 2.05) is 13.0 Å². The maximum absolute atomic E-state index is 13.7. The summed E-state index contributed by atoms with van der Waals surface area (Å²) in [4.78, 5) is 12.5. The van der Waals surface area contributed by atoms with Gasteiger partial charge in [-0.15, -0.1) is 0 Å². The lowest BCUT2D eigenvalue weighted by molar-refractivity contribution is 0.102. The van der Waals surface area contributed by atoms with Crippen molar-refractivity contribution in [2.45, 2.75) is 18.7 Å². The van der Waals surface area contributed by atoms with Gasteiger partial charge in [0.05, 0.1) is 15.5 Å². The smallest absolute Gasteiger partial charge is 0.261 e. The molecule has 0 radical (unpaired) electrons. The number of halogens is 2. The molecule has 0 aromatic heterocycles. The molecule has 0 aliphatic heterocycles. The average molecular weight is 433 g/mol. The Bertz CT molecular complexity index is 1200. The zero-order valence-corrected chi connectivity index (χ0v) is 17.2. The van der Waals surface area contributed by atoms with Crippen LogP contribution in [0.15, 0.2) is 65.6 Å². The van der Waals surface area contributed by atoms with E-state index in [2.05, 4.69) is 10.0 Å². The van der Waals surface area contributed by atoms with Gasteiger partial charge in [-0.1, -0.05) is 29.8 Å². The van der Waals surface area contributed by atoms with Gasteiger partial charge in [0.15, 0.2) is 0 Å². The summed E-state index contributed by atoms with van der Waals surface area (Å²) in [5.41, 5.74) is 1.93. The van der Waals surface area contributed by atoms with Gasteiger partial charge >= 0.3 is 0 Å². The van der Waals surface area contributed by atoms with Crippen LogP contribution in [0.5, 0.6) is 0 Å². The van der Waals surface area contributed by atoms with Gasteiger partial charge in [0.25, 0.3) is 15.9 Å². The average Bonchev–Trinajstić information content (AvgIpc) is 2.64. The van der Waals surface area contributed by atoms with Gasteiger partial charge in [0, 0.05) is 11.4 Å². The highest BCUT2D eigenvalue weighted by atomic mass is 35.5. The van der Waals surface area contributed by atoms with Gasteiger partial charge in [-0.2, -0.15) is 0 Å². The molecule has 0 atom stereocenters. The summed E-state index contributed by atoms with van der Waals surface area (Å²) in [5, 5.41) is 2.60. The number of hydrogen-bond acceptors (Lipinski definition) is 3. The van der Waals surface area contributed by atoms with Gasteiger partial charge in [0.1, 0.15) is 5.82 Å². The van der Waals surface area contributed by atoms with Gasteiger partial charge in [0.2, 0.25) is 0 Å². The molecule has 3 aromatic carbocycles. The van der Waals surface area contributed by atoms with Crippen LogP contribution in [0.3, 0.4) is 0 Å². The lowest BCUT2D eigenvalue weighted by atomic mass is 10.2. The molecule has 5 nitrogen and oxygen atoms in total. The van der Waals surface area contributed by atoms with E-state index in [0.29, 0.717) is 11.3 Å². The number of carbonyl (C=O) groups excluding carboxylic acids is 1. The third kappa shape index (κ3) is 4.93. The number of aryl methyl sites for hydroxylation is 2. The Kier molecular flexibility index (Phi) is 5.91. The Morgan fingerprint density at radius 1 is 0.966 bits per heavy atom. The molecular formula is C21H18ClFN2O3S. The van der Waals surface area contributed by atoms with Crippen LogP contribution in [-0.4, -0.2) is 14.3 Å². The second-order valence-electron chi connectivity index (χ2n) is 6.53. The summed E-state index contributed by atoms with van der Waals surface area (Å²) in [5.74, 6) is -1.11. The molecule has 0 saturated carbocycles. The van der Waals surface area contributed by atoms with Crippen LogP contribution < -0.4 is 10.0 Å². The molecule has 0 bridgehead atoms. The van der Waals surface area contributed by atoms with Crippen molar-refractivity contribution >= 4 is 38.9 Å². The second-order valence-corrected chi connectivity index (χ2v) is 8.62. The van der Waals surface area contributed by atoms with Crippen molar-refractivity contribution in [3.05, 3.63) is 88.2 Å². The molecule has 8 heteroatoms. The third-order valence-electron chi connectivity index (χ3n) is 4.19. The molecule has 0 aliphatic rings. The first-order valence-electron chi connectivity index (χ1n) is 8.62. The topological polar surface area (TPSA) is 75.3 Å². The first-order chi connectivity index (χ1) is 13.7. The molecule has 1 amide bonds. The van der Waals surface area contributed by atoms with Crippen LogP contribution in [0, 0.1) is 19.7 Å². The molecule has 0 heterocycles. The first-order valence-corrected chi connectivity index (χ1v) is 10.5. The number of sulfonamides is 1.